The molecule has 1 amide bonds. The molecule has 0 aliphatic carbocycles. The zero-order valence-corrected chi connectivity index (χ0v) is 15.2. The van der Waals surface area contributed by atoms with Gasteiger partial charge >= 0.3 is 0 Å². The molecular weight excluding hydrogens is 393 g/mol. The minimum absolute atomic E-state index is 0.0516. The van der Waals surface area contributed by atoms with E-state index in [2.05, 4.69) is 15.9 Å². The normalized spacial score (nSPS) is 12.1. The highest BCUT2D eigenvalue weighted by molar-refractivity contribution is 9.10. The van der Waals surface area contributed by atoms with Gasteiger partial charge in [-0.25, -0.2) is 4.39 Å². The number of ether oxygens (including phenoxy) is 3. The second-order valence-electron chi connectivity index (χ2n) is 5.46. The van der Waals surface area contributed by atoms with Crippen LogP contribution in [0.5, 0.6) is 17.2 Å². The molecule has 1 aliphatic heterocycles. The summed E-state index contributed by atoms with van der Waals surface area (Å²) >= 11 is 3.18. The van der Waals surface area contributed by atoms with Gasteiger partial charge in [0.15, 0.2) is 29.7 Å². The fourth-order valence-electron chi connectivity index (χ4n) is 2.46. The quantitative estimate of drug-likeness (QED) is 0.728. The highest BCUT2D eigenvalue weighted by Gasteiger charge is 2.17. The lowest BCUT2D eigenvalue weighted by Crippen LogP contribution is -2.34. The van der Waals surface area contributed by atoms with Crippen LogP contribution in [0.1, 0.15) is 12.5 Å². The molecule has 132 valence electrons. The van der Waals surface area contributed by atoms with Crippen molar-refractivity contribution in [2.45, 2.75) is 13.5 Å². The van der Waals surface area contributed by atoms with Crippen molar-refractivity contribution in [2.75, 3.05) is 19.9 Å². The van der Waals surface area contributed by atoms with Crippen molar-refractivity contribution in [3.63, 3.8) is 0 Å². The van der Waals surface area contributed by atoms with E-state index in [9.17, 15) is 9.18 Å². The van der Waals surface area contributed by atoms with Crippen LogP contribution in [0.15, 0.2) is 40.9 Å². The number of hydrogen-bond acceptors (Lipinski definition) is 4. The molecule has 0 radical (unpaired) electrons. The number of likely N-dealkylation sites (N-methyl/N-ethyl adjacent to an activating group) is 1. The van der Waals surface area contributed by atoms with Gasteiger partial charge in [-0.1, -0.05) is 22.0 Å². The number of carbonyl (C=O) groups excluding carboxylic acids is 1. The highest BCUT2D eigenvalue weighted by Crippen LogP contribution is 2.32. The van der Waals surface area contributed by atoms with Gasteiger partial charge in [0.1, 0.15) is 0 Å². The van der Waals surface area contributed by atoms with E-state index in [1.807, 2.05) is 25.1 Å². The molecule has 0 spiro atoms. The largest absolute Gasteiger partial charge is 0.481 e. The van der Waals surface area contributed by atoms with E-state index in [-0.39, 0.29) is 25.1 Å². The van der Waals surface area contributed by atoms with E-state index in [1.165, 1.54) is 12.1 Å². The molecule has 0 fully saturated rings. The number of carbonyl (C=O) groups is 1. The Balaban J connectivity index is 1.61. The number of halogens is 2. The van der Waals surface area contributed by atoms with E-state index >= 15 is 0 Å². The second-order valence-corrected chi connectivity index (χ2v) is 6.37. The first kappa shape index (κ1) is 17.5. The standard InChI is InChI=1S/C18H17BrFNO4/c1-2-21(9-12-3-5-16-17(7-12)25-11-24-16)18(22)10-23-15-6-4-13(19)8-14(15)20/h3-8H,2,9-11H2,1H3. The number of rotatable bonds is 6. The molecular formula is C18H17BrFNO4. The van der Waals surface area contributed by atoms with E-state index in [0.29, 0.717) is 29.1 Å². The monoisotopic (exact) mass is 409 g/mol. The van der Waals surface area contributed by atoms with Gasteiger partial charge in [0.25, 0.3) is 5.91 Å². The molecule has 2 aromatic carbocycles. The number of amides is 1. The molecule has 25 heavy (non-hydrogen) atoms. The van der Waals surface area contributed by atoms with Crippen molar-refractivity contribution in [1.82, 2.24) is 4.90 Å². The summed E-state index contributed by atoms with van der Waals surface area (Å²) in [6.45, 7) is 2.79. The molecule has 3 rings (SSSR count). The van der Waals surface area contributed by atoms with Crippen molar-refractivity contribution in [2.24, 2.45) is 0 Å². The van der Waals surface area contributed by atoms with Gasteiger partial charge in [-0.05, 0) is 42.8 Å². The maximum Gasteiger partial charge on any atom is 0.260 e. The summed E-state index contributed by atoms with van der Waals surface area (Å²) < 4.78 is 30.3. The number of nitrogens with zero attached hydrogens (tertiary/aromatic N) is 1. The van der Waals surface area contributed by atoms with Gasteiger partial charge < -0.3 is 19.1 Å². The Bertz CT molecular complexity index is 784. The minimum atomic E-state index is -0.513. The first-order valence-corrected chi connectivity index (χ1v) is 8.60. The molecule has 1 heterocycles. The van der Waals surface area contributed by atoms with Crippen LogP contribution in [0.25, 0.3) is 0 Å². The van der Waals surface area contributed by atoms with Gasteiger partial charge in [0.05, 0.1) is 0 Å². The van der Waals surface area contributed by atoms with Crippen LogP contribution in [-0.4, -0.2) is 30.8 Å². The Labute approximate surface area is 153 Å². The van der Waals surface area contributed by atoms with Crippen LogP contribution in [0, 0.1) is 5.82 Å². The molecule has 2 aromatic rings. The van der Waals surface area contributed by atoms with Gasteiger partial charge in [-0.2, -0.15) is 0 Å². The van der Waals surface area contributed by atoms with Gasteiger partial charge in [-0.15, -0.1) is 0 Å². The Morgan fingerprint density at radius 3 is 2.80 bits per heavy atom. The minimum Gasteiger partial charge on any atom is -0.481 e. The van der Waals surface area contributed by atoms with E-state index in [1.54, 1.807) is 11.0 Å². The molecule has 0 saturated heterocycles. The first-order chi connectivity index (χ1) is 12.1. The van der Waals surface area contributed by atoms with Gasteiger partial charge in [0, 0.05) is 17.6 Å². The van der Waals surface area contributed by atoms with Crippen LogP contribution in [-0.2, 0) is 11.3 Å². The summed E-state index contributed by atoms with van der Waals surface area (Å²) in [5.74, 6) is 0.695. The Morgan fingerprint density at radius 2 is 2.04 bits per heavy atom. The van der Waals surface area contributed by atoms with Crippen molar-refractivity contribution < 1.29 is 23.4 Å². The topological polar surface area (TPSA) is 48.0 Å². The molecule has 1 aliphatic rings. The molecule has 0 N–H and O–H groups in total. The molecule has 5 nitrogen and oxygen atoms in total. The third-order valence-corrected chi connectivity index (χ3v) is 4.28. The summed E-state index contributed by atoms with van der Waals surface area (Å²) in [5, 5.41) is 0. The SMILES string of the molecule is CCN(Cc1ccc2c(c1)OCO2)C(=O)COc1ccc(Br)cc1F. The molecule has 0 aromatic heterocycles. The molecule has 0 bridgehead atoms. The zero-order chi connectivity index (χ0) is 17.8. The number of hydrogen-bond donors (Lipinski definition) is 0. The zero-order valence-electron chi connectivity index (χ0n) is 13.6. The van der Waals surface area contributed by atoms with Crippen molar-refractivity contribution in [3.8, 4) is 17.2 Å². The average Bonchev–Trinajstić information content (AvgIpc) is 3.06. The predicted molar refractivity (Wildman–Crippen MR) is 93.3 cm³/mol. The number of fused-ring (bicyclic) bond motifs is 1. The molecule has 0 unspecified atom stereocenters. The summed E-state index contributed by atoms with van der Waals surface area (Å²) in [5.41, 5.74) is 0.925. The smallest absolute Gasteiger partial charge is 0.260 e. The van der Waals surface area contributed by atoms with E-state index in [0.717, 1.165) is 5.56 Å². The lowest BCUT2D eigenvalue weighted by atomic mass is 10.2. The molecule has 0 saturated carbocycles. The Kier molecular flexibility index (Phi) is 5.43. The van der Waals surface area contributed by atoms with E-state index < -0.39 is 5.82 Å². The van der Waals surface area contributed by atoms with Crippen molar-refractivity contribution in [3.05, 3.63) is 52.3 Å². The fourth-order valence-corrected chi connectivity index (χ4v) is 2.79. The fraction of sp³-hybridized carbons (Fsp3) is 0.278. The highest BCUT2D eigenvalue weighted by atomic mass is 79.9. The summed E-state index contributed by atoms with van der Waals surface area (Å²) in [6.07, 6.45) is 0. The van der Waals surface area contributed by atoms with Crippen LogP contribution in [0.4, 0.5) is 4.39 Å². The Morgan fingerprint density at radius 1 is 1.24 bits per heavy atom. The van der Waals surface area contributed by atoms with Gasteiger partial charge in [-0.3, -0.25) is 4.79 Å². The Hall–Kier alpha value is -2.28. The molecule has 0 atom stereocenters. The van der Waals surface area contributed by atoms with Crippen LogP contribution < -0.4 is 14.2 Å². The van der Waals surface area contributed by atoms with E-state index in [4.69, 9.17) is 14.2 Å². The summed E-state index contributed by atoms with van der Waals surface area (Å²) in [6, 6.07) is 10.0. The maximum absolute atomic E-state index is 13.8. The molecule has 7 heteroatoms. The maximum atomic E-state index is 13.8. The van der Waals surface area contributed by atoms with Crippen LogP contribution in [0.2, 0.25) is 0 Å². The van der Waals surface area contributed by atoms with Crippen molar-refractivity contribution >= 4 is 21.8 Å². The van der Waals surface area contributed by atoms with Crippen molar-refractivity contribution in [1.29, 1.82) is 0 Å². The third kappa shape index (κ3) is 4.22. The van der Waals surface area contributed by atoms with Crippen LogP contribution in [0.3, 0.4) is 0 Å². The lowest BCUT2D eigenvalue weighted by molar-refractivity contribution is -0.133. The number of benzene rings is 2. The summed E-state index contributed by atoms with van der Waals surface area (Å²) in [4.78, 5) is 14.0. The lowest BCUT2D eigenvalue weighted by Gasteiger charge is -2.21. The average molecular weight is 410 g/mol. The van der Waals surface area contributed by atoms with Gasteiger partial charge in [0.2, 0.25) is 6.79 Å². The summed E-state index contributed by atoms with van der Waals surface area (Å²) in [7, 11) is 0. The van der Waals surface area contributed by atoms with Crippen LogP contribution >= 0.6 is 15.9 Å². The first-order valence-electron chi connectivity index (χ1n) is 7.81. The third-order valence-electron chi connectivity index (χ3n) is 3.79. The second kappa shape index (κ2) is 7.74. The predicted octanol–water partition coefficient (Wildman–Crippen LogP) is 3.74.